The Bertz CT molecular complexity index is 1020. The van der Waals surface area contributed by atoms with Gasteiger partial charge in [-0.25, -0.2) is 4.79 Å². The van der Waals surface area contributed by atoms with Crippen LogP contribution in [0.5, 0.6) is 11.5 Å². The highest BCUT2D eigenvalue weighted by molar-refractivity contribution is 6.07. The third-order valence-electron chi connectivity index (χ3n) is 5.45. The lowest BCUT2D eigenvalue weighted by atomic mass is 10.1. The number of nitrogens with zero attached hydrogens (tertiary/aromatic N) is 2. The van der Waals surface area contributed by atoms with Crippen LogP contribution in [-0.4, -0.2) is 42.1 Å². The van der Waals surface area contributed by atoms with Crippen molar-refractivity contribution < 1.29 is 23.9 Å². The van der Waals surface area contributed by atoms with Crippen LogP contribution < -0.4 is 19.7 Å². The van der Waals surface area contributed by atoms with Gasteiger partial charge in [0, 0.05) is 12.2 Å². The number of para-hydroxylation sites is 1. The number of carbonyl (C=O) groups excluding carboxylic acids is 3. The van der Waals surface area contributed by atoms with Gasteiger partial charge in [-0.1, -0.05) is 24.3 Å². The van der Waals surface area contributed by atoms with E-state index in [9.17, 15) is 14.4 Å². The van der Waals surface area contributed by atoms with Crippen molar-refractivity contribution in [3.05, 3.63) is 53.6 Å². The van der Waals surface area contributed by atoms with E-state index in [0.29, 0.717) is 18.0 Å². The van der Waals surface area contributed by atoms with Crippen molar-refractivity contribution in [2.75, 3.05) is 18.2 Å². The normalized spacial score (nSPS) is 19.5. The van der Waals surface area contributed by atoms with E-state index in [0.717, 1.165) is 28.1 Å². The fraction of sp³-hybridized carbons (Fsp3) is 0.286. The number of ether oxygens (including phenoxy) is 2. The van der Waals surface area contributed by atoms with Crippen molar-refractivity contribution in [3.8, 4) is 11.5 Å². The molecule has 2 aromatic rings. The predicted molar refractivity (Wildman–Crippen MR) is 103 cm³/mol. The summed E-state index contributed by atoms with van der Waals surface area (Å²) in [6, 6.07) is 11.7. The van der Waals surface area contributed by atoms with Gasteiger partial charge in [0.15, 0.2) is 11.5 Å². The fourth-order valence-electron chi connectivity index (χ4n) is 3.97. The topological polar surface area (TPSA) is 88.2 Å². The number of nitrogens with one attached hydrogen (secondary N) is 1. The molecule has 8 heteroatoms. The molecule has 3 heterocycles. The van der Waals surface area contributed by atoms with E-state index in [1.165, 1.54) is 0 Å². The molecule has 1 N–H and O–H groups in total. The third kappa shape index (κ3) is 3.06. The summed E-state index contributed by atoms with van der Waals surface area (Å²) in [5.74, 6) is 0.668. The van der Waals surface area contributed by atoms with E-state index in [4.69, 9.17) is 9.47 Å². The molecule has 0 spiro atoms. The molecule has 2 aromatic carbocycles. The lowest BCUT2D eigenvalue weighted by Crippen LogP contribution is -2.38. The molecule has 1 saturated heterocycles. The molecule has 1 fully saturated rings. The Balaban J connectivity index is 1.27. The number of carbonyl (C=O) groups is 3. The number of imide groups is 1. The largest absolute Gasteiger partial charge is 0.454 e. The molecule has 8 nitrogen and oxygen atoms in total. The van der Waals surface area contributed by atoms with Crippen molar-refractivity contribution in [1.29, 1.82) is 0 Å². The summed E-state index contributed by atoms with van der Waals surface area (Å²) < 4.78 is 10.6. The van der Waals surface area contributed by atoms with Gasteiger partial charge < -0.3 is 19.7 Å². The Morgan fingerprint density at radius 2 is 1.93 bits per heavy atom. The second-order valence-corrected chi connectivity index (χ2v) is 7.24. The highest BCUT2D eigenvalue weighted by Crippen LogP contribution is 2.33. The van der Waals surface area contributed by atoms with Gasteiger partial charge in [-0.3, -0.25) is 14.5 Å². The molecule has 3 aliphatic heterocycles. The Labute approximate surface area is 167 Å². The SMILES string of the molecule is O=C1N[C@H](CC(=O)N2CCc3ccccc32)C(=O)N1Cc1ccc2c(c1)OCO2. The van der Waals surface area contributed by atoms with E-state index >= 15 is 0 Å². The summed E-state index contributed by atoms with van der Waals surface area (Å²) in [5.41, 5.74) is 2.75. The number of amides is 4. The van der Waals surface area contributed by atoms with Crippen molar-refractivity contribution in [3.63, 3.8) is 0 Å². The van der Waals surface area contributed by atoms with Crippen molar-refractivity contribution >= 4 is 23.5 Å². The quantitative estimate of drug-likeness (QED) is 0.801. The molecule has 0 radical (unpaired) electrons. The summed E-state index contributed by atoms with van der Waals surface area (Å²) in [6.45, 7) is 0.859. The summed E-state index contributed by atoms with van der Waals surface area (Å²) in [5, 5.41) is 2.64. The fourth-order valence-corrected chi connectivity index (χ4v) is 3.97. The maximum Gasteiger partial charge on any atom is 0.325 e. The first-order valence-corrected chi connectivity index (χ1v) is 9.49. The minimum Gasteiger partial charge on any atom is -0.454 e. The van der Waals surface area contributed by atoms with Crippen LogP contribution in [0.15, 0.2) is 42.5 Å². The second-order valence-electron chi connectivity index (χ2n) is 7.24. The van der Waals surface area contributed by atoms with Crippen LogP contribution in [0.1, 0.15) is 17.5 Å². The minimum absolute atomic E-state index is 0.0590. The molecule has 5 rings (SSSR count). The minimum atomic E-state index is -0.850. The first-order chi connectivity index (χ1) is 14.1. The summed E-state index contributed by atoms with van der Waals surface area (Å²) in [7, 11) is 0. The van der Waals surface area contributed by atoms with E-state index in [-0.39, 0.29) is 25.7 Å². The molecule has 1 atom stereocenters. The van der Waals surface area contributed by atoms with Gasteiger partial charge in [-0.15, -0.1) is 0 Å². The van der Waals surface area contributed by atoms with Crippen LogP contribution in [0, 0.1) is 0 Å². The number of fused-ring (bicyclic) bond motifs is 2. The van der Waals surface area contributed by atoms with Gasteiger partial charge in [0.2, 0.25) is 12.7 Å². The molecule has 0 aliphatic carbocycles. The zero-order chi connectivity index (χ0) is 20.0. The van der Waals surface area contributed by atoms with E-state index in [1.807, 2.05) is 24.3 Å². The number of rotatable bonds is 4. The van der Waals surface area contributed by atoms with Gasteiger partial charge in [-0.2, -0.15) is 0 Å². The summed E-state index contributed by atoms with van der Waals surface area (Å²) in [4.78, 5) is 40.7. The van der Waals surface area contributed by atoms with Crippen LogP contribution in [-0.2, 0) is 22.6 Å². The van der Waals surface area contributed by atoms with Crippen LogP contribution in [0.4, 0.5) is 10.5 Å². The number of hydrogen-bond donors (Lipinski definition) is 1. The zero-order valence-electron chi connectivity index (χ0n) is 15.6. The van der Waals surface area contributed by atoms with Crippen LogP contribution in [0.3, 0.4) is 0 Å². The molecule has 4 amide bonds. The smallest absolute Gasteiger partial charge is 0.325 e. The highest BCUT2D eigenvalue weighted by atomic mass is 16.7. The Kier molecular flexibility index (Phi) is 4.12. The predicted octanol–water partition coefficient (Wildman–Crippen LogP) is 1.82. The van der Waals surface area contributed by atoms with E-state index in [1.54, 1.807) is 23.1 Å². The van der Waals surface area contributed by atoms with Gasteiger partial charge >= 0.3 is 6.03 Å². The van der Waals surface area contributed by atoms with Gasteiger partial charge in [0.05, 0.1) is 13.0 Å². The first kappa shape index (κ1) is 17.5. The number of hydrogen-bond acceptors (Lipinski definition) is 5. The number of urea groups is 1. The summed E-state index contributed by atoms with van der Waals surface area (Å²) in [6.07, 6.45) is 0.736. The molecule has 3 aliphatic rings. The molecule has 29 heavy (non-hydrogen) atoms. The molecular formula is C21H19N3O5. The third-order valence-corrected chi connectivity index (χ3v) is 5.45. The van der Waals surface area contributed by atoms with Gasteiger partial charge in [0.1, 0.15) is 6.04 Å². The lowest BCUT2D eigenvalue weighted by Gasteiger charge is -2.19. The molecule has 0 bridgehead atoms. The zero-order valence-corrected chi connectivity index (χ0v) is 15.6. The lowest BCUT2D eigenvalue weighted by molar-refractivity contribution is -0.130. The maximum absolute atomic E-state index is 12.8. The average Bonchev–Trinajstić information content (AvgIpc) is 3.42. The Morgan fingerprint density at radius 3 is 2.83 bits per heavy atom. The summed E-state index contributed by atoms with van der Waals surface area (Å²) >= 11 is 0. The Morgan fingerprint density at radius 1 is 1.10 bits per heavy atom. The molecular weight excluding hydrogens is 374 g/mol. The van der Waals surface area contributed by atoms with Crippen molar-refractivity contribution in [1.82, 2.24) is 10.2 Å². The van der Waals surface area contributed by atoms with Crippen molar-refractivity contribution in [2.45, 2.75) is 25.4 Å². The highest BCUT2D eigenvalue weighted by Gasteiger charge is 2.40. The number of benzene rings is 2. The first-order valence-electron chi connectivity index (χ1n) is 9.49. The molecule has 0 unspecified atom stereocenters. The average molecular weight is 393 g/mol. The Hall–Kier alpha value is -3.55. The van der Waals surface area contributed by atoms with Crippen molar-refractivity contribution in [2.24, 2.45) is 0 Å². The van der Waals surface area contributed by atoms with Crippen LogP contribution in [0.2, 0.25) is 0 Å². The maximum atomic E-state index is 12.8. The molecule has 0 saturated carbocycles. The van der Waals surface area contributed by atoms with Crippen LogP contribution in [0.25, 0.3) is 0 Å². The monoisotopic (exact) mass is 393 g/mol. The number of anilines is 1. The van der Waals surface area contributed by atoms with Gasteiger partial charge in [-0.05, 0) is 35.7 Å². The van der Waals surface area contributed by atoms with Gasteiger partial charge in [0.25, 0.3) is 5.91 Å². The molecule has 148 valence electrons. The second kappa shape index (κ2) is 6.80. The standard InChI is InChI=1S/C21H19N3O5/c25-19(23-8-7-14-3-1-2-4-16(14)23)10-15-20(26)24(21(27)22-15)11-13-5-6-17-18(9-13)29-12-28-17/h1-6,9,15H,7-8,10-12H2,(H,22,27)/t15-/m1/s1. The molecule has 0 aromatic heterocycles. The van der Waals surface area contributed by atoms with Crippen LogP contribution >= 0.6 is 0 Å². The van der Waals surface area contributed by atoms with E-state index in [2.05, 4.69) is 5.32 Å². The van der Waals surface area contributed by atoms with E-state index < -0.39 is 18.0 Å².